The van der Waals surface area contributed by atoms with Gasteiger partial charge in [-0.2, -0.15) is 0 Å². The van der Waals surface area contributed by atoms with Gasteiger partial charge in [-0.15, -0.1) is 0 Å². The van der Waals surface area contributed by atoms with E-state index in [2.05, 4.69) is 33.0 Å². The average Bonchev–Trinajstić information content (AvgIpc) is 1.98. The van der Waals surface area contributed by atoms with Crippen LogP contribution in [0.3, 0.4) is 0 Å². The van der Waals surface area contributed by atoms with Crippen molar-refractivity contribution in [3.05, 3.63) is 0 Å². The summed E-state index contributed by atoms with van der Waals surface area (Å²) >= 11 is 0. The molecule has 4 unspecified atom stereocenters. The lowest BCUT2D eigenvalue weighted by Gasteiger charge is -2.12. The number of hydrogen-bond acceptors (Lipinski definition) is 1. The summed E-state index contributed by atoms with van der Waals surface area (Å²) in [6.45, 7) is 9.19. The van der Waals surface area contributed by atoms with Crippen molar-refractivity contribution < 1.29 is 0 Å². The summed E-state index contributed by atoms with van der Waals surface area (Å²) in [4.78, 5) is 0. The molecule has 9 heavy (non-hydrogen) atoms. The molecule has 0 aromatic carbocycles. The van der Waals surface area contributed by atoms with E-state index in [9.17, 15) is 0 Å². The summed E-state index contributed by atoms with van der Waals surface area (Å²) in [5.74, 6) is 1.69. The summed E-state index contributed by atoms with van der Waals surface area (Å²) in [5.41, 5.74) is 0. The Bertz CT molecular complexity index is 88.7. The molecule has 1 saturated heterocycles. The Labute approximate surface area is 57.8 Å². The highest BCUT2D eigenvalue weighted by Gasteiger charge is 2.31. The van der Waals surface area contributed by atoms with E-state index >= 15 is 0 Å². The van der Waals surface area contributed by atoms with Gasteiger partial charge in [-0.1, -0.05) is 13.8 Å². The number of nitrogens with one attached hydrogen (secondary N) is 1. The van der Waals surface area contributed by atoms with Crippen molar-refractivity contribution in [1.82, 2.24) is 5.32 Å². The standard InChI is InChI=1S/C8H17N/c1-5-6(2)8(4)9-7(5)3/h5-9H,1-4H3. The van der Waals surface area contributed by atoms with Crippen LogP contribution in [-0.2, 0) is 0 Å². The Morgan fingerprint density at radius 3 is 1.22 bits per heavy atom. The fourth-order valence-corrected chi connectivity index (χ4v) is 1.63. The second-order valence-electron chi connectivity index (χ2n) is 3.46. The van der Waals surface area contributed by atoms with Gasteiger partial charge in [0.2, 0.25) is 0 Å². The molecule has 1 heteroatoms. The summed E-state index contributed by atoms with van der Waals surface area (Å²) in [6.07, 6.45) is 0. The summed E-state index contributed by atoms with van der Waals surface area (Å²) in [5, 5.41) is 3.52. The molecule has 0 bridgehead atoms. The van der Waals surface area contributed by atoms with Crippen LogP contribution in [0.5, 0.6) is 0 Å². The Kier molecular flexibility index (Phi) is 1.80. The molecule has 0 aromatic rings. The van der Waals surface area contributed by atoms with Crippen LogP contribution in [0.25, 0.3) is 0 Å². The molecular formula is C8H17N. The highest BCUT2D eigenvalue weighted by atomic mass is 15.0. The van der Waals surface area contributed by atoms with Crippen LogP contribution in [0.2, 0.25) is 0 Å². The third-order valence-corrected chi connectivity index (χ3v) is 2.93. The van der Waals surface area contributed by atoms with Gasteiger partial charge in [0.05, 0.1) is 0 Å². The van der Waals surface area contributed by atoms with Crippen molar-refractivity contribution in [2.45, 2.75) is 39.8 Å². The Morgan fingerprint density at radius 2 is 1.11 bits per heavy atom. The normalized spacial score (nSPS) is 52.0. The van der Waals surface area contributed by atoms with Crippen LogP contribution in [-0.4, -0.2) is 12.1 Å². The minimum absolute atomic E-state index is 0.718. The van der Waals surface area contributed by atoms with Crippen LogP contribution in [0.4, 0.5) is 0 Å². The third kappa shape index (κ3) is 1.11. The quantitative estimate of drug-likeness (QED) is 0.521. The molecule has 0 amide bonds. The number of rotatable bonds is 0. The lowest BCUT2D eigenvalue weighted by molar-refractivity contribution is 0.413. The lowest BCUT2D eigenvalue weighted by atomic mass is 9.92. The minimum Gasteiger partial charge on any atom is -0.311 e. The van der Waals surface area contributed by atoms with Gasteiger partial charge in [0.1, 0.15) is 0 Å². The first-order valence-electron chi connectivity index (χ1n) is 3.89. The first-order chi connectivity index (χ1) is 4.13. The lowest BCUT2D eigenvalue weighted by Crippen LogP contribution is -2.26. The second kappa shape index (κ2) is 2.30. The largest absolute Gasteiger partial charge is 0.311 e. The monoisotopic (exact) mass is 127 g/mol. The zero-order chi connectivity index (χ0) is 7.02. The van der Waals surface area contributed by atoms with Crippen molar-refractivity contribution in [3.63, 3.8) is 0 Å². The van der Waals surface area contributed by atoms with Crippen LogP contribution in [0.15, 0.2) is 0 Å². The molecule has 0 aliphatic carbocycles. The van der Waals surface area contributed by atoms with Gasteiger partial charge in [0, 0.05) is 12.1 Å². The second-order valence-corrected chi connectivity index (χ2v) is 3.46. The minimum atomic E-state index is 0.718. The van der Waals surface area contributed by atoms with Crippen molar-refractivity contribution in [3.8, 4) is 0 Å². The van der Waals surface area contributed by atoms with E-state index in [0.717, 1.165) is 23.9 Å². The topological polar surface area (TPSA) is 12.0 Å². The fourth-order valence-electron chi connectivity index (χ4n) is 1.63. The third-order valence-electron chi connectivity index (χ3n) is 2.93. The van der Waals surface area contributed by atoms with Gasteiger partial charge in [-0.05, 0) is 25.7 Å². The average molecular weight is 127 g/mol. The van der Waals surface area contributed by atoms with E-state index in [1.54, 1.807) is 0 Å². The fraction of sp³-hybridized carbons (Fsp3) is 1.00. The van der Waals surface area contributed by atoms with E-state index in [1.165, 1.54) is 0 Å². The molecule has 0 radical (unpaired) electrons. The summed E-state index contributed by atoms with van der Waals surface area (Å²) in [7, 11) is 0. The maximum atomic E-state index is 3.52. The summed E-state index contributed by atoms with van der Waals surface area (Å²) < 4.78 is 0. The van der Waals surface area contributed by atoms with E-state index in [1.807, 2.05) is 0 Å². The maximum Gasteiger partial charge on any atom is 0.00700 e. The molecule has 0 aromatic heterocycles. The van der Waals surface area contributed by atoms with Gasteiger partial charge < -0.3 is 5.32 Å². The molecular weight excluding hydrogens is 110 g/mol. The van der Waals surface area contributed by atoms with Crippen LogP contribution in [0, 0.1) is 11.8 Å². The van der Waals surface area contributed by atoms with Crippen molar-refractivity contribution in [2.24, 2.45) is 11.8 Å². The molecule has 1 rings (SSSR count). The smallest absolute Gasteiger partial charge is 0.00700 e. The molecule has 1 heterocycles. The Balaban J connectivity index is 2.54. The molecule has 0 saturated carbocycles. The summed E-state index contributed by atoms with van der Waals surface area (Å²) in [6, 6.07) is 1.44. The zero-order valence-corrected chi connectivity index (χ0v) is 6.81. The molecule has 54 valence electrons. The van der Waals surface area contributed by atoms with Gasteiger partial charge in [-0.3, -0.25) is 0 Å². The predicted molar refractivity (Wildman–Crippen MR) is 40.4 cm³/mol. The molecule has 1 N–H and O–H groups in total. The molecule has 1 aliphatic rings. The first-order valence-corrected chi connectivity index (χ1v) is 3.89. The Hall–Kier alpha value is -0.0400. The predicted octanol–water partition coefficient (Wildman–Crippen LogP) is 1.64. The van der Waals surface area contributed by atoms with E-state index in [4.69, 9.17) is 0 Å². The molecule has 1 aliphatic heterocycles. The van der Waals surface area contributed by atoms with Gasteiger partial charge in [0.25, 0.3) is 0 Å². The van der Waals surface area contributed by atoms with Gasteiger partial charge >= 0.3 is 0 Å². The SMILES string of the molecule is CC1NC(C)C(C)C1C. The van der Waals surface area contributed by atoms with E-state index in [0.29, 0.717) is 0 Å². The van der Waals surface area contributed by atoms with E-state index in [-0.39, 0.29) is 0 Å². The van der Waals surface area contributed by atoms with Crippen molar-refractivity contribution in [1.29, 1.82) is 0 Å². The number of hydrogen-bond donors (Lipinski definition) is 1. The van der Waals surface area contributed by atoms with Crippen LogP contribution >= 0.6 is 0 Å². The molecule has 4 atom stereocenters. The highest BCUT2D eigenvalue weighted by molar-refractivity contribution is 4.88. The maximum absolute atomic E-state index is 3.52. The zero-order valence-electron chi connectivity index (χ0n) is 6.81. The van der Waals surface area contributed by atoms with Crippen molar-refractivity contribution in [2.75, 3.05) is 0 Å². The van der Waals surface area contributed by atoms with Crippen LogP contribution < -0.4 is 5.32 Å². The molecule has 1 nitrogen and oxygen atoms in total. The first kappa shape index (κ1) is 7.07. The Morgan fingerprint density at radius 1 is 0.778 bits per heavy atom. The molecule has 1 fully saturated rings. The molecule has 0 spiro atoms. The van der Waals surface area contributed by atoms with Crippen LogP contribution in [0.1, 0.15) is 27.7 Å². The van der Waals surface area contributed by atoms with Gasteiger partial charge in [0.15, 0.2) is 0 Å². The highest BCUT2D eigenvalue weighted by Crippen LogP contribution is 2.25. The van der Waals surface area contributed by atoms with E-state index < -0.39 is 0 Å². The van der Waals surface area contributed by atoms with Gasteiger partial charge in [-0.25, -0.2) is 0 Å². The van der Waals surface area contributed by atoms with Crippen molar-refractivity contribution >= 4 is 0 Å².